The molecule has 1 aliphatic heterocycles. The predicted molar refractivity (Wildman–Crippen MR) is 79.2 cm³/mol. The van der Waals surface area contributed by atoms with E-state index in [1.165, 1.54) is 11.3 Å². The SMILES string of the molecule is CCOC(=O)c1cc(C)sc1NC(=O)C1CCN(C)C1. The molecule has 1 amide bonds. The molecule has 0 aliphatic carbocycles. The summed E-state index contributed by atoms with van der Waals surface area (Å²) in [5, 5.41) is 3.48. The fraction of sp³-hybridized carbons (Fsp3) is 0.571. The van der Waals surface area contributed by atoms with Crippen LogP contribution in [0.4, 0.5) is 5.00 Å². The molecule has 2 heterocycles. The van der Waals surface area contributed by atoms with Crippen molar-refractivity contribution in [2.24, 2.45) is 5.92 Å². The van der Waals surface area contributed by atoms with Gasteiger partial charge in [-0.05, 0) is 39.9 Å². The Morgan fingerprint density at radius 1 is 1.55 bits per heavy atom. The van der Waals surface area contributed by atoms with Crippen LogP contribution in [0.1, 0.15) is 28.6 Å². The van der Waals surface area contributed by atoms with Gasteiger partial charge < -0.3 is 15.0 Å². The van der Waals surface area contributed by atoms with Crippen molar-refractivity contribution in [1.29, 1.82) is 0 Å². The lowest BCUT2D eigenvalue weighted by atomic mass is 10.1. The van der Waals surface area contributed by atoms with Crippen LogP contribution in [-0.4, -0.2) is 43.5 Å². The van der Waals surface area contributed by atoms with Crippen molar-refractivity contribution in [2.75, 3.05) is 32.1 Å². The topological polar surface area (TPSA) is 58.6 Å². The molecule has 5 nitrogen and oxygen atoms in total. The van der Waals surface area contributed by atoms with E-state index in [-0.39, 0.29) is 17.8 Å². The van der Waals surface area contributed by atoms with Crippen LogP contribution in [0.3, 0.4) is 0 Å². The van der Waals surface area contributed by atoms with Crippen molar-refractivity contribution in [3.63, 3.8) is 0 Å². The fourth-order valence-corrected chi connectivity index (χ4v) is 3.23. The molecule has 0 spiro atoms. The molecule has 1 atom stereocenters. The Kier molecular flexibility index (Phi) is 4.77. The number of amides is 1. The van der Waals surface area contributed by atoms with Crippen molar-refractivity contribution in [1.82, 2.24) is 4.90 Å². The Labute approximate surface area is 122 Å². The molecule has 1 unspecified atom stereocenters. The number of ether oxygens (including phenoxy) is 1. The number of aryl methyl sites for hydroxylation is 1. The van der Waals surface area contributed by atoms with Crippen LogP contribution < -0.4 is 5.32 Å². The van der Waals surface area contributed by atoms with Gasteiger partial charge in [0.15, 0.2) is 0 Å². The number of likely N-dealkylation sites (tertiary alicyclic amines) is 1. The van der Waals surface area contributed by atoms with Gasteiger partial charge in [0.1, 0.15) is 5.00 Å². The smallest absolute Gasteiger partial charge is 0.341 e. The minimum atomic E-state index is -0.379. The highest BCUT2D eigenvalue weighted by atomic mass is 32.1. The monoisotopic (exact) mass is 296 g/mol. The first-order valence-corrected chi connectivity index (χ1v) is 7.60. The van der Waals surface area contributed by atoms with Crippen LogP contribution in [0.15, 0.2) is 6.07 Å². The van der Waals surface area contributed by atoms with E-state index in [1.54, 1.807) is 13.0 Å². The highest BCUT2D eigenvalue weighted by Gasteiger charge is 2.27. The number of nitrogens with zero attached hydrogens (tertiary/aromatic N) is 1. The van der Waals surface area contributed by atoms with E-state index in [0.29, 0.717) is 17.2 Å². The Bertz CT molecular complexity index is 513. The average Bonchev–Trinajstić information content (AvgIpc) is 2.96. The van der Waals surface area contributed by atoms with Crippen molar-refractivity contribution in [2.45, 2.75) is 20.3 Å². The zero-order valence-corrected chi connectivity index (χ0v) is 12.9. The molecule has 1 aromatic heterocycles. The zero-order chi connectivity index (χ0) is 14.7. The Balaban J connectivity index is 2.09. The second kappa shape index (κ2) is 6.37. The van der Waals surface area contributed by atoms with E-state index in [0.717, 1.165) is 24.4 Å². The minimum Gasteiger partial charge on any atom is -0.462 e. The van der Waals surface area contributed by atoms with Crippen molar-refractivity contribution < 1.29 is 14.3 Å². The molecule has 0 aromatic carbocycles. The molecule has 6 heteroatoms. The summed E-state index contributed by atoms with van der Waals surface area (Å²) in [6.07, 6.45) is 0.863. The largest absolute Gasteiger partial charge is 0.462 e. The molecular formula is C14H20N2O3S. The minimum absolute atomic E-state index is 0.00236. The number of carbonyl (C=O) groups is 2. The second-order valence-electron chi connectivity index (χ2n) is 5.06. The highest BCUT2D eigenvalue weighted by Crippen LogP contribution is 2.29. The molecule has 0 saturated carbocycles. The van der Waals surface area contributed by atoms with E-state index in [9.17, 15) is 9.59 Å². The summed E-state index contributed by atoms with van der Waals surface area (Å²) in [4.78, 5) is 27.2. The van der Waals surface area contributed by atoms with E-state index in [4.69, 9.17) is 4.74 Å². The number of hydrogen-bond acceptors (Lipinski definition) is 5. The van der Waals surface area contributed by atoms with Crippen molar-refractivity contribution in [3.05, 3.63) is 16.5 Å². The third-order valence-corrected chi connectivity index (χ3v) is 4.32. The van der Waals surface area contributed by atoms with Gasteiger partial charge in [-0.1, -0.05) is 0 Å². The fourth-order valence-electron chi connectivity index (χ4n) is 2.33. The predicted octanol–water partition coefficient (Wildman–Crippen LogP) is 2.12. The summed E-state index contributed by atoms with van der Waals surface area (Å²) >= 11 is 1.41. The lowest BCUT2D eigenvalue weighted by Crippen LogP contribution is -2.25. The maximum Gasteiger partial charge on any atom is 0.341 e. The number of rotatable bonds is 4. The second-order valence-corrected chi connectivity index (χ2v) is 6.31. The Morgan fingerprint density at radius 2 is 2.30 bits per heavy atom. The van der Waals surface area contributed by atoms with Gasteiger partial charge in [0.2, 0.25) is 5.91 Å². The van der Waals surface area contributed by atoms with Gasteiger partial charge in [0, 0.05) is 11.4 Å². The number of anilines is 1. The first kappa shape index (κ1) is 15.0. The maximum absolute atomic E-state index is 12.2. The molecule has 0 bridgehead atoms. The Hall–Kier alpha value is -1.40. The number of thiophene rings is 1. The van der Waals surface area contributed by atoms with Crippen LogP contribution in [0, 0.1) is 12.8 Å². The number of nitrogens with one attached hydrogen (secondary N) is 1. The summed E-state index contributed by atoms with van der Waals surface area (Å²) in [6.45, 7) is 5.71. The van der Waals surface area contributed by atoms with Gasteiger partial charge in [0.05, 0.1) is 18.1 Å². The van der Waals surface area contributed by atoms with Gasteiger partial charge in [-0.15, -0.1) is 11.3 Å². The van der Waals surface area contributed by atoms with Crippen LogP contribution >= 0.6 is 11.3 Å². The maximum atomic E-state index is 12.2. The quantitative estimate of drug-likeness (QED) is 0.865. The van der Waals surface area contributed by atoms with Crippen LogP contribution in [-0.2, 0) is 9.53 Å². The molecule has 110 valence electrons. The highest BCUT2D eigenvalue weighted by molar-refractivity contribution is 7.16. The molecule has 1 aliphatic rings. The van der Waals surface area contributed by atoms with Gasteiger partial charge in [-0.25, -0.2) is 4.79 Å². The Morgan fingerprint density at radius 3 is 2.90 bits per heavy atom. The van der Waals surface area contributed by atoms with Crippen LogP contribution in [0.25, 0.3) is 0 Å². The molecular weight excluding hydrogens is 276 g/mol. The summed E-state index contributed by atoms with van der Waals surface area (Å²) < 4.78 is 5.01. The molecule has 1 fully saturated rings. The van der Waals surface area contributed by atoms with Crippen LogP contribution in [0.2, 0.25) is 0 Å². The van der Waals surface area contributed by atoms with Gasteiger partial charge in [0.25, 0.3) is 0 Å². The lowest BCUT2D eigenvalue weighted by Gasteiger charge is -2.11. The summed E-state index contributed by atoms with van der Waals surface area (Å²) in [7, 11) is 2.01. The van der Waals surface area contributed by atoms with Gasteiger partial charge >= 0.3 is 5.97 Å². The summed E-state index contributed by atoms with van der Waals surface area (Å²) in [6, 6.07) is 1.76. The van der Waals surface area contributed by atoms with E-state index >= 15 is 0 Å². The average molecular weight is 296 g/mol. The van der Waals surface area contributed by atoms with Crippen molar-refractivity contribution in [3.8, 4) is 0 Å². The van der Waals surface area contributed by atoms with E-state index in [1.807, 2.05) is 14.0 Å². The lowest BCUT2D eigenvalue weighted by molar-refractivity contribution is -0.119. The third-order valence-electron chi connectivity index (χ3n) is 3.35. The standard InChI is InChI=1S/C14H20N2O3S/c1-4-19-14(18)11-7-9(2)20-13(11)15-12(17)10-5-6-16(3)8-10/h7,10H,4-6,8H2,1-3H3,(H,15,17). The summed E-state index contributed by atoms with van der Waals surface area (Å²) in [5.41, 5.74) is 0.453. The summed E-state index contributed by atoms with van der Waals surface area (Å²) in [5.74, 6) is -0.394. The zero-order valence-electron chi connectivity index (χ0n) is 12.1. The van der Waals surface area contributed by atoms with E-state index < -0.39 is 0 Å². The normalized spacial score (nSPS) is 19.1. The molecule has 0 radical (unpaired) electrons. The van der Waals surface area contributed by atoms with E-state index in [2.05, 4.69) is 10.2 Å². The molecule has 20 heavy (non-hydrogen) atoms. The van der Waals surface area contributed by atoms with Crippen molar-refractivity contribution >= 4 is 28.2 Å². The number of hydrogen-bond donors (Lipinski definition) is 1. The van der Waals surface area contributed by atoms with Gasteiger partial charge in [-0.2, -0.15) is 0 Å². The number of carbonyl (C=O) groups excluding carboxylic acids is 2. The third kappa shape index (κ3) is 3.37. The first-order valence-electron chi connectivity index (χ1n) is 6.78. The first-order chi connectivity index (χ1) is 9.51. The molecule has 1 N–H and O–H groups in total. The molecule has 1 aromatic rings. The number of esters is 1. The van der Waals surface area contributed by atoms with Crippen LogP contribution in [0.5, 0.6) is 0 Å². The molecule has 2 rings (SSSR count). The molecule has 1 saturated heterocycles. The van der Waals surface area contributed by atoms with Gasteiger partial charge in [-0.3, -0.25) is 4.79 Å².